The molecule has 1 amide bonds. The van der Waals surface area contributed by atoms with Crippen LogP contribution in [0.2, 0.25) is 0 Å². The summed E-state index contributed by atoms with van der Waals surface area (Å²) in [4.78, 5) is 46.4. The number of thioether (sulfide) groups is 2. The Labute approximate surface area is 131 Å². The van der Waals surface area contributed by atoms with Crippen LogP contribution in [0.4, 0.5) is 0 Å². The Balaban J connectivity index is 3.22. The summed E-state index contributed by atoms with van der Waals surface area (Å²) in [7, 11) is 0. The first-order valence-electron chi connectivity index (χ1n) is 6.76. The molecular formula is C13H19NO5S2. The van der Waals surface area contributed by atoms with Crippen molar-refractivity contribution < 1.29 is 24.3 Å². The highest BCUT2D eigenvalue weighted by atomic mass is 32.2. The van der Waals surface area contributed by atoms with E-state index in [2.05, 4.69) is 5.32 Å². The van der Waals surface area contributed by atoms with Gasteiger partial charge >= 0.3 is 5.97 Å². The van der Waals surface area contributed by atoms with E-state index in [1.54, 1.807) is 13.8 Å². The molecule has 2 N–H and O–H groups in total. The van der Waals surface area contributed by atoms with Crippen molar-refractivity contribution in [2.75, 3.05) is 11.5 Å². The van der Waals surface area contributed by atoms with Crippen molar-refractivity contribution in [3.05, 3.63) is 0 Å². The van der Waals surface area contributed by atoms with Crippen LogP contribution in [-0.4, -0.2) is 50.2 Å². The molecule has 0 aromatic rings. The molecule has 1 aliphatic rings. The van der Waals surface area contributed by atoms with E-state index >= 15 is 0 Å². The SMILES string of the molecule is CCSC(C(=O)O)C(=O)C1(SCC)NC(=O)CCCC1=O. The van der Waals surface area contributed by atoms with Gasteiger partial charge in [0.25, 0.3) is 0 Å². The van der Waals surface area contributed by atoms with Gasteiger partial charge in [0, 0.05) is 12.8 Å². The fourth-order valence-corrected chi connectivity index (χ4v) is 4.15. The number of nitrogens with one attached hydrogen (secondary N) is 1. The van der Waals surface area contributed by atoms with Gasteiger partial charge in [0.1, 0.15) is 0 Å². The van der Waals surface area contributed by atoms with Gasteiger partial charge in [-0.25, -0.2) is 0 Å². The Morgan fingerprint density at radius 1 is 1.29 bits per heavy atom. The van der Waals surface area contributed by atoms with E-state index in [1.165, 1.54) is 0 Å². The summed E-state index contributed by atoms with van der Waals surface area (Å²) < 4.78 is 0. The van der Waals surface area contributed by atoms with Crippen LogP contribution in [0.3, 0.4) is 0 Å². The van der Waals surface area contributed by atoms with Crippen LogP contribution in [0, 0.1) is 0 Å². The Morgan fingerprint density at radius 2 is 1.95 bits per heavy atom. The average molecular weight is 333 g/mol. The van der Waals surface area contributed by atoms with Crippen LogP contribution in [0.25, 0.3) is 0 Å². The van der Waals surface area contributed by atoms with Crippen molar-refractivity contribution in [1.82, 2.24) is 5.32 Å². The third-order valence-electron chi connectivity index (χ3n) is 3.02. The summed E-state index contributed by atoms with van der Waals surface area (Å²) >= 11 is 1.95. The molecule has 1 rings (SSSR count). The third kappa shape index (κ3) is 4.00. The first-order valence-corrected chi connectivity index (χ1v) is 8.79. The largest absolute Gasteiger partial charge is 0.480 e. The van der Waals surface area contributed by atoms with Gasteiger partial charge in [-0.05, 0) is 17.9 Å². The van der Waals surface area contributed by atoms with Gasteiger partial charge in [0.05, 0.1) is 0 Å². The number of carbonyl (C=O) groups excluding carboxylic acids is 3. The second-order valence-electron chi connectivity index (χ2n) is 4.48. The monoisotopic (exact) mass is 333 g/mol. The number of amides is 1. The van der Waals surface area contributed by atoms with Crippen molar-refractivity contribution in [2.24, 2.45) is 0 Å². The maximum Gasteiger partial charge on any atom is 0.324 e. The van der Waals surface area contributed by atoms with Gasteiger partial charge in [-0.3, -0.25) is 19.2 Å². The zero-order chi connectivity index (χ0) is 16.0. The lowest BCUT2D eigenvalue weighted by Gasteiger charge is -2.31. The maximum absolute atomic E-state index is 12.7. The van der Waals surface area contributed by atoms with Gasteiger partial charge in [-0.1, -0.05) is 13.8 Å². The fraction of sp³-hybridized carbons (Fsp3) is 0.692. The van der Waals surface area contributed by atoms with Crippen LogP contribution < -0.4 is 5.32 Å². The van der Waals surface area contributed by atoms with E-state index in [9.17, 15) is 24.3 Å². The summed E-state index contributed by atoms with van der Waals surface area (Å²) in [5.41, 5.74) is 0. The number of carboxylic acid groups (broad SMARTS) is 1. The number of rotatable bonds is 7. The second-order valence-corrected chi connectivity index (χ2v) is 7.34. The molecule has 6 nitrogen and oxygen atoms in total. The number of carboxylic acids is 1. The number of carbonyl (C=O) groups is 4. The second kappa shape index (κ2) is 7.84. The first-order chi connectivity index (χ1) is 9.89. The Hall–Kier alpha value is -1.02. The average Bonchev–Trinajstić information content (AvgIpc) is 2.55. The van der Waals surface area contributed by atoms with E-state index in [-0.39, 0.29) is 18.7 Å². The van der Waals surface area contributed by atoms with Crippen molar-refractivity contribution in [1.29, 1.82) is 0 Å². The predicted molar refractivity (Wildman–Crippen MR) is 82.4 cm³/mol. The van der Waals surface area contributed by atoms with Gasteiger partial charge in [-0.2, -0.15) is 0 Å². The molecular weight excluding hydrogens is 314 g/mol. The maximum atomic E-state index is 12.7. The van der Waals surface area contributed by atoms with E-state index in [0.717, 1.165) is 23.5 Å². The minimum atomic E-state index is -1.76. The third-order valence-corrected chi connectivity index (χ3v) is 5.35. The molecule has 1 heterocycles. The molecule has 2 atom stereocenters. The van der Waals surface area contributed by atoms with Crippen LogP contribution in [0.15, 0.2) is 0 Å². The zero-order valence-electron chi connectivity index (χ0n) is 12.0. The molecule has 8 heteroatoms. The number of Topliss-reactive ketones (excluding diaryl/α,β-unsaturated/α-hetero) is 2. The van der Waals surface area contributed by atoms with Crippen molar-refractivity contribution >= 4 is 47.0 Å². The van der Waals surface area contributed by atoms with Gasteiger partial charge < -0.3 is 10.4 Å². The summed E-state index contributed by atoms with van der Waals surface area (Å²) in [6, 6.07) is 0. The quantitative estimate of drug-likeness (QED) is 0.672. The Morgan fingerprint density at radius 3 is 2.48 bits per heavy atom. The van der Waals surface area contributed by atoms with E-state index < -0.39 is 27.7 Å². The zero-order valence-corrected chi connectivity index (χ0v) is 13.6. The minimum Gasteiger partial charge on any atom is -0.480 e. The van der Waals surface area contributed by atoms with Crippen molar-refractivity contribution in [3.8, 4) is 0 Å². The van der Waals surface area contributed by atoms with Crippen LogP contribution in [0.5, 0.6) is 0 Å². The lowest BCUT2D eigenvalue weighted by molar-refractivity contribution is -0.142. The highest BCUT2D eigenvalue weighted by Gasteiger charge is 2.51. The molecule has 1 aliphatic heterocycles. The molecule has 118 valence electrons. The predicted octanol–water partition coefficient (Wildman–Crippen LogP) is 1.08. The smallest absolute Gasteiger partial charge is 0.324 e. The molecule has 1 fully saturated rings. The minimum absolute atomic E-state index is 0.0978. The van der Waals surface area contributed by atoms with E-state index in [4.69, 9.17) is 0 Å². The standard InChI is InChI=1S/C13H19NO5S2/c1-3-20-10(12(18)19)11(17)13(21-4-2)8(15)6-5-7-9(16)14-13/h10H,3-7H2,1-2H3,(H,14,16)(H,18,19). The summed E-state index contributed by atoms with van der Waals surface area (Å²) in [5.74, 6) is -1.98. The normalized spacial score (nSPS) is 24.1. The fourth-order valence-electron chi connectivity index (χ4n) is 2.13. The summed E-state index contributed by atoms with van der Waals surface area (Å²) in [6.45, 7) is 3.49. The number of hydrogen-bond acceptors (Lipinski definition) is 6. The molecule has 0 aromatic heterocycles. The molecule has 0 spiro atoms. The van der Waals surface area contributed by atoms with E-state index in [1.807, 2.05) is 0 Å². The Kier molecular flexibility index (Phi) is 6.73. The number of ketones is 2. The molecule has 1 saturated heterocycles. The molecule has 0 bridgehead atoms. The summed E-state index contributed by atoms with van der Waals surface area (Å²) in [6.07, 6.45) is 0.646. The van der Waals surface area contributed by atoms with Crippen molar-refractivity contribution in [3.63, 3.8) is 0 Å². The molecule has 0 aliphatic carbocycles. The number of hydrogen-bond donors (Lipinski definition) is 2. The van der Waals surface area contributed by atoms with Gasteiger partial charge in [-0.15, -0.1) is 23.5 Å². The highest BCUT2D eigenvalue weighted by molar-refractivity contribution is 8.03. The molecule has 0 saturated carbocycles. The van der Waals surface area contributed by atoms with Gasteiger partial charge in [0.2, 0.25) is 16.6 Å². The van der Waals surface area contributed by atoms with Crippen LogP contribution >= 0.6 is 23.5 Å². The number of aliphatic carboxylic acids is 1. The lowest BCUT2D eigenvalue weighted by atomic mass is 10.0. The molecule has 0 radical (unpaired) electrons. The van der Waals surface area contributed by atoms with Crippen LogP contribution in [0.1, 0.15) is 33.1 Å². The van der Waals surface area contributed by atoms with E-state index in [0.29, 0.717) is 17.9 Å². The van der Waals surface area contributed by atoms with Crippen LogP contribution in [-0.2, 0) is 19.2 Å². The summed E-state index contributed by atoms with van der Waals surface area (Å²) in [5, 5.41) is 10.4. The molecule has 2 unspecified atom stereocenters. The topological polar surface area (TPSA) is 101 Å². The van der Waals surface area contributed by atoms with Crippen molar-refractivity contribution in [2.45, 2.75) is 43.2 Å². The Bertz CT molecular complexity index is 454. The molecule has 21 heavy (non-hydrogen) atoms. The van der Waals surface area contributed by atoms with Gasteiger partial charge in [0.15, 0.2) is 11.0 Å². The first kappa shape index (κ1) is 18.0. The molecule has 0 aromatic carbocycles. The lowest BCUT2D eigenvalue weighted by Crippen LogP contribution is -2.60. The highest BCUT2D eigenvalue weighted by Crippen LogP contribution is 2.33.